The number of carbonyl (C=O) groups is 1. The number of hydrogen-bond donors (Lipinski definition) is 2. The van der Waals surface area contributed by atoms with E-state index in [0.29, 0.717) is 19.3 Å². The first-order valence-corrected chi connectivity index (χ1v) is 5.39. The first-order valence-electron chi connectivity index (χ1n) is 5.39. The van der Waals surface area contributed by atoms with Crippen molar-refractivity contribution in [3.8, 4) is 0 Å². The molecule has 4 nitrogen and oxygen atoms in total. The summed E-state index contributed by atoms with van der Waals surface area (Å²) >= 11 is 0. The molecule has 0 aromatic carbocycles. The molecular weight excluding hydrogens is 194 g/mol. The van der Waals surface area contributed by atoms with Crippen molar-refractivity contribution in [1.29, 1.82) is 0 Å². The second kappa shape index (κ2) is 7.65. The molecule has 0 aliphatic rings. The van der Waals surface area contributed by atoms with Gasteiger partial charge in [-0.25, -0.2) is 0 Å². The number of carboxylic acids is 1. The van der Waals surface area contributed by atoms with Gasteiger partial charge < -0.3 is 21.2 Å². The van der Waals surface area contributed by atoms with Crippen molar-refractivity contribution in [3.63, 3.8) is 0 Å². The number of rotatable bonds is 7. The van der Waals surface area contributed by atoms with Crippen molar-refractivity contribution in [1.82, 2.24) is 6.15 Å². The molecule has 0 aromatic heterocycles. The van der Waals surface area contributed by atoms with E-state index >= 15 is 0 Å². The predicted octanol–water partition coefficient (Wildman–Crippen LogP) is 1.47. The Morgan fingerprint density at radius 3 is 2.07 bits per heavy atom. The molecule has 1 unspecified atom stereocenters. The first-order chi connectivity index (χ1) is 6.47. The Bertz CT molecular complexity index is 179. The Kier molecular flexibility index (Phi) is 8.57. The van der Waals surface area contributed by atoms with Crippen LogP contribution in [0.3, 0.4) is 0 Å². The molecule has 0 radical (unpaired) electrons. The molecule has 0 amide bonds. The van der Waals surface area contributed by atoms with Crippen LogP contribution >= 0.6 is 0 Å². The van der Waals surface area contributed by atoms with Gasteiger partial charge in [-0.05, 0) is 31.6 Å². The molecule has 0 bridgehead atoms. The van der Waals surface area contributed by atoms with Gasteiger partial charge in [-0.3, -0.25) is 0 Å². The maximum absolute atomic E-state index is 10.4. The fourth-order valence-electron chi connectivity index (χ4n) is 1.67. The topological polar surface area (TPSA) is 96.9 Å². The zero-order chi connectivity index (χ0) is 11.2. The number of carbonyl (C=O) groups excluding carboxylic acids is 1. The summed E-state index contributed by atoms with van der Waals surface area (Å²) in [7, 11) is 0. The minimum atomic E-state index is -1.02. The van der Waals surface area contributed by atoms with Gasteiger partial charge in [0.1, 0.15) is 0 Å². The molecule has 0 aliphatic heterocycles. The summed E-state index contributed by atoms with van der Waals surface area (Å²) in [6.45, 7) is 5.80. The number of hydrogen-bond acceptors (Lipinski definition) is 3. The molecule has 92 valence electrons. The fourth-order valence-corrected chi connectivity index (χ4v) is 1.67. The van der Waals surface area contributed by atoms with E-state index in [0.717, 1.165) is 6.42 Å². The monoisotopic (exact) mass is 219 g/mol. The van der Waals surface area contributed by atoms with Crippen molar-refractivity contribution < 1.29 is 15.0 Å². The van der Waals surface area contributed by atoms with Gasteiger partial charge in [0.05, 0.1) is 5.60 Å². The van der Waals surface area contributed by atoms with E-state index in [2.05, 4.69) is 0 Å². The highest BCUT2D eigenvalue weighted by Gasteiger charge is 2.25. The van der Waals surface area contributed by atoms with Crippen molar-refractivity contribution >= 4 is 5.97 Å². The third-order valence-corrected chi connectivity index (χ3v) is 3.02. The van der Waals surface area contributed by atoms with E-state index in [9.17, 15) is 15.0 Å². The van der Waals surface area contributed by atoms with Gasteiger partial charge in [-0.1, -0.05) is 27.2 Å². The second-order valence-corrected chi connectivity index (χ2v) is 3.99. The number of aliphatic carboxylic acids is 1. The Morgan fingerprint density at radius 1 is 1.33 bits per heavy atom. The van der Waals surface area contributed by atoms with Gasteiger partial charge in [-0.15, -0.1) is 0 Å². The van der Waals surface area contributed by atoms with E-state index in [4.69, 9.17) is 0 Å². The zero-order valence-corrected chi connectivity index (χ0v) is 10.4. The molecule has 0 heterocycles. The molecule has 0 saturated heterocycles. The van der Waals surface area contributed by atoms with Crippen molar-refractivity contribution in [3.05, 3.63) is 0 Å². The summed E-state index contributed by atoms with van der Waals surface area (Å²) in [4.78, 5) is 10.4. The maximum Gasteiger partial charge on any atom is 0.0645 e. The molecule has 0 aromatic rings. The third kappa shape index (κ3) is 6.47. The second-order valence-electron chi connectivity index (χ2n) is 3.99. The zero-order valence-electron chi connectivity index (χ0n) is 10.4. The summed E-state index contributed by atoms with van der Waals surface area (Å²) in [5.74, 6) is -0.990. The smallest absolute Gasteiger partial charge is 0.0645 e. The van der Waals surface area contributed by atoms with Crippen LogP contribution < -0.4 is 11.3 Å². The first kappa shape index (κ1) is 16.8. The highest BCUT2D eigenvalue weighted by molar-refractivity contribution is 5.64. The summed E-state index contributed by atoms with van der Waals surface area (Å²) in [5, 5.41) is 20.5. The van der Waals surface area contributed by atoms with Crippen molar-refractivity contribution in [2.75, 3.05) is 0 Å². The van der Waals surface area contributed by atoms with Crippen LogP contribution in [0.25, 0.3) is 0 Å². The van der Waals surface area contributed by atoms with E-state index < -0.39 is 11.6 Å². The van der Waals surface area contributed by atoms with Crippen molar-refractivity contribution in [2.45, 2.75) is 58.5 Å². The third-order valence-electron chi connectivity index (χ3n) is 3.02. The van der Waals surface area contributed by atoms with Gasteiger partial charge in [0.2, 0.25) is 0 Å². The van der Waals surface area contributed by atoms with Crippen molar-refractivity contribution in [2.24, 2.45) is 5.92 Å². The molecule has 15 heavy (non-hydrogen) atoms. The lowest BCUT2D eigenvalue weighted by molar-refractivity contribution is -0.307. The molecule has 0 saturated carbocycles. The van der Waals surface area contributed by atoms with Crippen LogP contribution in [-0.4, -0.2) is 16.7 Å². The molecule has 1 atom stereocenters. The average Bonchev–Trinajstić information content (AvgIpc) is 2.16. The number of aliphatic hydroxyl groups is 1. The van der Waals surface area contributed by atoms with Crippen LogP contribution in [0.1, 0.15) is 52.9 Å². The summed E-state index contributed by atoms with van der Waals surface area (Å²) in [5.41, 5.74) is -0.698. The predicted molar refractivity (Wildman–Crippen MR) is 59.5 cm³/mol. The van der Waals surface area contributed by atoms with Crippen LogP contribution in [0.15, 0.2) is 0 Å². The number of quaternary nitrogens is 1. The Balaban J connectivity index is 0. The average molecular weight is 219 g/mol. The van der Waals surface area contributed by atoms with Gasteiger partial charge >= 0.3 is 0 Å². The van der Waals surface area contributed by atoms with E-state index in [1.165, 1.54) is 0 Å². The normalized spacial score (nSPS) is 13.1. The van der Waals surface area contributed by atoms with Crippen LogP contribution in [0.5, 0.6) is 0 Å². The quantitative estimate of drug-likeness (QED) is 0.678. The van der Waals surface area contributed by atoms with E-state index in [1.807, 2.05) is 20.8 Å². The minimum absolute atomic E-state index is 0. The van der Waals surface area contributed by atoms with Gasteiger partial charge in [0.15, 0.2) is 0 Å². The van der Waals surface area contributed by atoms with Gasteiger partial charge in [-0.2, -0.15) is 0 Å². The standard InChI is InChI=1S/C11H22O3.H3N/c1-4-9(7-10(12)13)8-11(14,5-2)6-3;/h9,14H,4-8H2,1-3H3,(H,12,13);1H3. The molecule has 0 fully saturated rings. The summed E-state index contributed by atoms with van der Waals surface area (Å²) in [6.07, 6.45) is 2.74. The van der Waals surface area contributed by atoms with Crippen LogP contribution in [0.2, 0.25) is 0 Å². The SMILES string of the molecule is CCC(CC(=O)[O-])CC(O)(CC)CC.[NH4+]. The van der Waals surface area contributed by atoms with Gasteiger partial charge in [0.25, 0.3) is 0 Å². The van der Waals surface area contributed by atoms with Crippen LogP contribution in [0.4, 0.5) is 0 Å². The minimum Gasteiger partial charge on any atom is -0.550 e. The summed E-state index contributed by atoms with van der Waals surface area (Å²) < 4.78 is 0. The van der Waals surface area contributed by atoms with Gasteiger partial charge in [0, 0.05) is 5.97 Å². The molecule has 4 heteroatoms. The van der Waals surface area contributed by atoms with E-state index in [-0.39, 0.29) is 18.5 Å². The number of carboxylic acid groups (broad SMARTS) is 1. The Labute approximate surface area is 92.3 Å². The van der Waals surface area contributed by atoms with Crippen LogP contribution in [0, 0.1) is 5.92 Å². The maximum atomic E-state index is 10.4. The lowest BCUT2D eigenvalue weighted by Crippen LogP contribution is -2.32. The van der Waals surface area contributed by atoms with E-state index in [1.54, 1.807) is 0 Å². The molecule has 0 aliphatic carbocycles. The lowest BCUT2D eigenvalue weighted by Gasteiger charge is -2.30. The Morgan fingerprint density at radius 2 is 1.80 bits per heavy atom. The molecule has 0 rings (SSSR count). The lowest BCUT2D eigenvalue weighted by atomic mass is 9.83. The highest BCUT2D eigenvalue weighted by Crippen LogP contribution is 2.27. The van der Waals surface area contributed by atoms with Crippen LogP contribution in [-0.2, 0) is 4.79 Å². The molecule has 5 N–H and O–H groups in total. The fraction of sp³-hybridized carbons (Fsp3) is 0.909. The Hall–Kier alpha value is -0.610. The molecular formula is C11H25NO3. The summed E-state index contributed by atoms with van der Waals surface area (Å²) in [6, 6.07) is 0. The largest absolute Gasteiger partial charge is 0.550 e. The molecule has 0 spiro atoms. The highest BCUT2D eigenvalue weighted by atomic mass is 16.4.